The van der Waals surface area contributed by atoms with E-state index in [1.807, 2.05) is 30.4 Å². The quantitative estimate of drug-likeness (QED) is 0.0169. The fourth-order valence-electron chi connectivity index (χ4n) is 10.0. The molecule has 0 aromatic carbocycles. The molecule has 592 valence electrons. The highest BCUT2D eigenvalue weighted by Gasteiger charge is 2.30. The molecule has 0 saturated carbocycles. The van der Waals surface area contributed by atoms with Gasteiger partial charge in [-0.3, -0.25) is 37.3 Å². The van der Waals surface area contributed by atoms with Gasteiger partial charge in [0.25, 0.3) is 0 Å². The van der Waals surface area contributed by atoms with Crippen molar-refractivity contribution in [1.29, 1.82) is 0 Å². The number of unbranched alkanes of at least 4 members (excludes halogenated alkanes) is 21. The summed E-state index contributed by atoms with van der Waals surface area (Å²) in [6, 6.07) is 0. The Bertz CT molecular complexity index is 2590. The molecular weight excluding hydrogens is 1350 g/mol. The molecule has 0 aliphatic heterocycles. The van der Waals surface area contributed by atoms with Gasteiger partial charge in [-0.2, -0.15) is 0 Å². The predicted molar refractivity (Wildman–Crippen MR) is 427 cm³/mol. The van der Waals surface area contributed by atoms with E-state index in [9.17, 15) is 43.2 Å². The van der Waals surface area contributed by atoms with Gasteiger partial charge in [0.05, 0.1) is 26.4 Å². The summed E-state index contributed by atoms with van der Waals surface area (Å²) in [6.07, 6.45) is 88.2. The molecule has 5 atom stereocenters. The first kappa shape index (κ1) is 98.7. The zero-order valence-corrected chi connectivity index (χ0v) is 66.4. The summed E-state index contributed by atoms with van der Waals surface area (Å²) >= 11 is 0. The predicted octanol–water partition coefficient (Wildman–Crippen LogP) is 23.2. The van der Waals surface area contributed by atoms with Gasteiger partial charge in [-0.1, -0.05) is 295 Å². The number of phosphoric ester groups is 2. The van der Waals surface area contributed by atoms with Gasteiger partial charge in [0.1, 0.15) is 19.3 Å². The fourth-order valence-corrected chi connectivity index (χ4v) is 11.6. The van der Waals surface area contributed by atoms with Crippen molar-refractivity contribution in [2.45, 2.75) is 316 Å². The molecule has 3 N–H and O–H groups in total. The van der Waals surface area contributed by atoms with Crippen LogP contribution in [0.25, 0.3) is 0 Å². The summed E-state index contributed by atoms with van der Waals surface area (Å²) < 4.78 is 68.4. The second kappa shape index (κ2) is 75.9. The molecule has 5 unspecified atom stereocenters. The molecule has 104 heavy (non-hydrogen) atoms. The highest BCUT2D eigenvalue weighted by molar-refractivity contribution is 7.47. The van der Waals surface area contributed by atoms with Crippen molar-refractivity contribution in [2.24, 2.45) is 0 Å². The molecule has 0 rings (SSSR count). The van der Waals surface area contributed by atoms with Crippen LogP contribution in [0.1, 0.15) is 297 Å². The van der Waals surface area contributed by atoms with Crippen LogP contribution in [-0.2, 0) is 65.4 Å². The van der Waals surface area contributed by atoms with Gasteiger partial charge in [0.15, 0.2) is 12.2 Å². The summed E-state index contributed by atoms with van der Waals surface area (Å²) in [5.74, 6) is -2.36. The minimum absolute atomic E-state index is 0.0277. The summed E-state index contributed by atoms with van der Waals surface area (Å²) in [5, 5.41) is 10.6. The second-order valence-electron chi connectivity index (χ2n) is 25.9. The third kappa shape index (κ3) is 74.9. The number of esters is 4. The Labute approximate surface area is 629 Å². The van der Waals surface area contributed by atoms with Crippen molar-refractivity contribution >= 4 is 39.5 Å². The van der Waals surface area contributed by atoms with E-state index in [0.717, 1.165) is 135 Å². The van der Waals surface area contributed by atoms with Gasteiger partial charge in [0, 0.05) is 25.7 Å². The molecule has 0 bridgehead atoms. The van der Waals surface area contributed by atoms with E-state index in [4.69, 9.17) is 37.0 Å². The molecule has 0 aromatic heterocycles. The van der Waals surface area contributed by atoms with Crippen LogP contribution < -0.4 is 0 Å². The van der Waals surface area contributed by atoms with Crippen molar-refractivity contribution in [3.05, 3.63) is 158 Å². The van der Waals surface area contributed by atoms with Crippen molar-refractivity contribution in [3.8, 4) is 0 Å². The Hall–Kier alpha value is -5.32. The molecule has 0 fully saturated rings. The second-order valence-corrected chi connectivity index (χ2v) is 28.8. The van der Waals surface area contributed by atoms with Crippen molar-refractivity contribution in [2.75, 3.05) is 39.6 Å². The lowest BCUT2D eigenvalue weighted by Gasteiger charge is -2.21. The van der Waals surface area contributed by atoms with E-state index in [2.05, 4.69) is 155 Å². The first-order valence-electron chi connectivity index (χ1n) is 39.7. The Morgan fingerprint density at radius 2 is 0.529 bits per heavy atom. The van der Waals surface area contributed by atoms with E-state index in [0.29, 0.717) is 38.5 Å². The number of ether oxygens (including phenoxy) is 4. The van der Waals surface area contributed by atoms with Crippen LogP contribution >= 0.6 is 15.6 Å². The van der Waals surface area contributed by atoms with E-state index < -0.39 is 97.5 Å². The van der Waals surface area contributed by atoms with Crippen LogP contribution in [0, 0.1) is 0 Å². The minimum Gasteiger partial charge on any atom is -0.462 e. The molecule has 0 amide bonds. The van der Waals surface area contributed by atoms with Crippen molar-refractivity contribution in [3.63, 3.8) is 0 Å². The van der Waals surface area contributed by atoms with Crippen LogP contribution in [0.15, 0.2) is 158 Å². The third-order valence-corrected chi connectivity index (χ3v) is 17.9. The maximum atomic E-state index is 13.1. The average molecular weight is 1500 g/mol. The summed E-state index contributed by atoms with van der Waals surface area (Å²) in [4.78, 5) is 72.9. The third-order valence-electron chi connectivity index (χ3n) is 16.0. The van der Waals surface area contributed by atoms with E-state index in [1.165, 1.54) is 70.6 Å². The van der Waals surface area contributed by atoms with Crippen molar-refractivity contribution in [1.82, 2.24) is 0 Å². The highest BCUT2D eigenvalue weighted by atomic mass is 31.2. The number of aliphatic hydroxyl groups excluding tert-OH is 1. The molecule has 0 heterocycles. The Morgan fingerprint density at radius 1 is 0.279 bits per heavy atom. The lowest BCUT2D eigenvalue weighted by molar-refractivity contribution is -0.161. The molecule has 0 radical (unpaired) electrons. The van der Waals surface area contributed by atoms with Gasteiger partial charge in [-0.15, -0.1) is 0 Å². The molecule has 0 aromatic rings. The maximum absolute atomic E-state index is 13.1. The van der Waals surface area contributed by atoms with Crippen molar-refractivity contribution < 1.29 is 80.2 Å². The normalized spacial score (nSPS) is 14.7. The smallest absolute Gasteiger partial charge is 0.462 e. The monoisotopic (exact) mass is 1490 g/mol. The first-order chi connectivity index (χ1) is 50.7. The summed E-state index contributed by atoms with van der Waals surface area (Å²) in [6.45, 7) is 4.45. The Kier molecular flexibility index (Phi) is 72.0. The zero-order valence-electron chi connectivity index (χ0n) is 64.6. The Balaban J connectivity index is 5.48. The highest BCUT2D eigenvalue weighted by Crippen LogP contribution is 2.45. The topological polar surface area (TPSA) is 237 Å². The molecule has 19 heteroatoms. The number of aliphatic hydroxyl groups is 1. The number of hydrogen-bond acceptors (Lipinski definition) is 15. The van der Waals surface area contributed by atoms with E-state index in [-0.39, 0.29) is 25.7 Å². The summed E-state index contributed by atoms with van der Waals surface area (Å²) in [5.41, 5.74) is 0. The number of hydrogen-bond donors (Lipinski definition) is 3. The van der Waals surface area contributed by atoms with Crippen LogP contribution in [0.3, 0.4) is 0 Å². The van der Waals surface area contributed by atoms with Gasteiger partial charge < -0.3 is 33.8 Å². The molecule has 0 saturated heterocycles. The van der Waals surface area contributed by atoms with Gasteiger partial charge in [0.2, 0.25) is 0 Å². The number of rotatable bonds is 73. The van der Waals surface area contributed by atoms with E-state index >= 15 is 0 Å². The average Bonchev–Trinajstić information content (AvgIpc) is 0.911. The molecular formula is C85H140O17P2. The number of carbonyl (C=O) groups excluding carboxylic acids is 4. The summed E-state index contributed by atoms with van der Waals surface area (Å²) in [7, 11) is -10.0. The SMILES string of the molecule is CC/C=C\C/C=C\C/C=C\C/C=C\C/C=C\C/C=C\CCC(=O)OCC(COP(=O)(O)OCC(O)COP(=O)(O)OCC(COC(=O)CCC/C=C\C/C=C\C/C=C\C/C=C\C/C=C\CC)OC(=O)CCCCCCCCCCCCCCC)OC(=O)CCCCCCC/C=C\C/C=C\CCCCC. The van der Waals surface area contributed by atoms with Crippen LogP contribution in [-0.4, -0.2) is 96.7 Å². The number of carbonyl (C=O) groups is 4. The first-order valence-corrected chi connectivity index (χ1v) is 42.7. The molecule has 17 nitrogen and oxygen atoms in total. The largest absolute Gasteiger partial charge is 0.472 e. The van der Waals surface area contributed by atoms with Crippen LogP contribution in [0.4, 0.5) is 0 Å². The molecule has 0 spiro atoms. The molecule has 0 aliphatic rings. The maximum Gasteiger partial charge on any atom is 0.472 e. The fraction of sp³-hybridized carbons (Fsp3) is 0.647. The Morgan fingerprint density at radius 3 is 0.875 bits per heavy atom. The minimum atomic E-state index is -5.01. The zero-order chi connectivity index (χ0) is 76.0. The van der Waals surface area contributed by atoms with E-state index in [1.54, 1.807) is 0 Å². The number of phosphoric acid groups is 2. The van der Waals surface area contributed by atoms with Gasteiger partial charge in [-0.05, 0) is 135 Å². The van der Waals surface area contributed by atoms with Crippen LogP contribution in [0.5, 0.6) is 0 Å². The standard InChI is InChI=1S/C85H140O17P2/c1-5-9-13-17-21-25-29-33-36-38-39-41-44-47-50-54-58-62-66-70-83(88)96-76-81(102-85(90)72-68-64-60-56-52-48-42-35-31-27-23-19-15-11-7-3)78-100-104(93,94)98-74-79(86)73-97-103(91,92)99-77-80(101-84(89)71-67-63-59-55-51-45-32-28-24-20-16-12-8-4)75-95-82(87)69-65-61-57-53-49-46-43-40-37-34-30-26-22-18-14-10-6-2/h9-10,13-14,21-23,25-27,33-37,39,41-43,46-47,50,53,57-58,62,79-81,86H,5-8,11-12,15-20,24,28-32,38,40,44-45,48-49,51-52,54-56,59-61,63-78H2,1-4H3,(H,91,92)(H,93,94)/b13-9-,14-10-,25-21-,26-22-,27-23-,36-33-,37-34-,41-39-,42-35-,46-43-,50-47-,57-53-,62-58-. The lowest BCUT2D eigenvalue weighted by atomic mass is 10.0. The number of allylic oxidation sites excluding steroid dienone is 26. The molecule has 0 aliphatic carbocycles. The van der Waals surface area contributed by atoms with Gasteiger partial charge in [-0.25, -0.2) is 9.13 Å². The van der Waals surface area contributed by atoms with Crippen LogP contribution in [0.2, 0.25) is 0 Å². The van der Waals surface area contributed by atoms with Gasteiger partial charge >= 0.3 is 39.5 Å². The lowest BCUT2D eigenvalue weighted by Crippen LogP contribution is -2.30.